The number of amides is 1. The minimum Gasteiger partial charge on any atom is -0.381 e. The number of rotatable bonds is 5. The number of benzene rings is 1. The van der Waals surface area contributed by atoms with Gasteiger partial charge in [0.1, 0.15) is 0 Å². The molecule has 1 amide bonds. The minimum atomic E-state index is -0.775. The van der Waals surface area contributed by atoms with E-state index in [-0.39, 0.29) is 12.5 Å². The van der Waals surface area contributed by atoms with Crippen LogP contribution in [0, 0.1) is 5.82 Å². The van der Waals surface area contributed by atoms with E-state index in [2.05, 4.69) is 21.3 Å². The first kappa shape index (κ1) is 19.9. The van der Waals surface area contributed by atoms with Crippen LogP contribution in [-0.2, 0) is 0 Å². The van der Waals surface area contributed by atoms with Gasteiger partial charge in [0, 0.05) is 6.20 Å². The van der Waals surface area contributed by atoms with E-state index < -0.39 is 17.3 Å². The molecule has 9 nitrogen and oxygen atoms in total. The van der Waals surface area contributed by atoms with Crippen molar-refractivity contribution < 1.29 is 9.18 Å². The molecular formula is C18H15ClFN7O2S. The molecule has 0 aliphatic carbocycles. The fourth-order valence-corrected chi connectivity index (χ4v) is 3.64. The molecule has 3 heterocycles. The second kappa shape index (κ2) is 8.14. The highest BCUT2D eigenvalue weighted by atomic mass is 35.5. The van der Waals surface area contributed by atoms with Gasteiger partial charge in [-0.3, -0.25) is 14.4 Å². The lowest BCUT2D eigenvalue weighted by molar-refractivity contribution is 0.0960. The van der Waals surface area contributed by atoms with Gasteiger partial charge in [-0.05, 0) is 36.4 Å². The van der Waals surface area contributed by atoms with E-state index in [1.807, 2.05) is 0 Å². The van der Waals surface area contributed by atoms with Crippen molar-refractivity contribution in [1.82, 2.24) is 25.8 Å². The first-order valence-corrected chi connectivity index (χ1v) is 9.80. The zero-order chi connectivity index (χ0) is 21.3. The number of anilines is 2. The van der Waals surface area contributed by atoms with Crippen LogP contribution < -0.4 is 32.7 Å². The standard InChI is InChI=1S/C18H15ClFN7O2S/c19-15-6-5-14(30-15)17(28)22-7-10-8-27(25-24-10)12-3-1-11(2-4-12)26-9-13(20)16(21)23-18(26)29/h1-6,8-9,24-25H,7H2,(H,22,28)(H2,21,23,29). The molecule has 4 rings (SSSR count). The average molecular weight is 448 g/mol. The van der Waals surface area contributed by atoms with Gasteiger partial charge in [0.2, 0.25) is 0 Å². The molecule has 1 aromatic carbocycles. The second-order valence-electron chi connectivity index (χ2n) is 6.19. The highest BCUT2D eigenvalue weighted by molar-refractivity contribution is 7.18. The normalized spacial score (nSPS) is 13.1. The maximum Gasteiger partial charge on any atom is 0.354 e. The highest BCUT2D eigenvalue weighted by Gasteiger charge is 2.15. The van der Waals surface area contributed by atoms with Crippen molar-refractivity contribution >= 4 is 40.4 Å². The van der Waals surface area contributed by atoms with E-state index in [0.29, 0.717) is 14.9 Å². The fraction of sp³-hybridized carbons (Fsp3) is 0.0556. The molecule has 0 radical (unpaired) electrons. The summed E-state index contributed by atoms with van der Waals surface area (Å²) in [7, 11) is 0. The summed E-state index contributed by atoms with van der Waals surface area (Å²) < 4.78 is 15.3. The highest BCUT2D eigenvalue weighted by Crippen LogP contribution is 2.21. The topological polar surface area (TPSA) is 117 Å². The first-order valence-electron chi connectivity index (χ1n) is 8.61. The Hall–Kier alpha value is -3.41. The minimum absolute atomic E-state index is 0.216. The van der Waals surface area contributed by atoms with Gasteiger partial charge >= 0.3 is 5.69 Å². The molecule has 0 unspecified atom stereocenters. The van der Waals surface area contributed by atoms with Crippen LogP contribution in [0.25, 0.3) is 5.69 Å². The van der Waals surface area contributed by atoms with E-state index in [0.717, 1.165) is 22.1 Å². The van der Waals surface area contributed by atoms with Crippen LogP contribution >= 0.6 is 22.9 Å². The molecule has 30 heavy (non-hydrogen) atoms. The molecule has 1 aliphatic rings. The van der Waals surface area contributed by atoms with Crippen molar-refractivity contribution in [3.63, 3.8) is 0 Å². The summed E-state index contributed by atoms with van der Waals surface area (Å²) in [5.74, 6) is -1.43. The number of carbonyl (C=O) groups is 1. The monoisotopic (exact) mass is 447 g/mol. The number of carbonyl (C=O) groups excluding carboxylic acids is 1. The number of nitrogen functional groups attached to an aromatic ring is 1. The molecule has 0 saturated heterocycles. The number of hydrogen-bond donors (Lipinski definition) is 4. The van der Waals surface area contributed by atoms with E-state index in [4.69, 9.17) is 17.3 Å². The van der Waals surface area contributed by atoms with Crippen LogP contribution in [0.1, 0.15) is 9.67 Å². The molecule has 154 valence electrons. The largest absolute Gasteiger partial charge is 0.381 e. The van der Waals surface area contributed by atoms with Crippen molar-refractivity contribution in [2.75, 3.05) is 17.3 Å². The number of thiophene rings is 1. The van der Waals surface area contributed by atoms with Crippen molar-refractivity contribution in [2.45, 2.75) is 0 Å². The Morgan fingerprint density at radius 2 is 1.97 bits per heavy atom. The number of hydrogen-bond acceptors (Lipinski definition) is 8. The summed E-state index contributed by atoms with van der Waals surface area (Å²) >= 11 is 7.05. The summed E-state index contributed by atoms with van der Waals surface area (Å²) in [5, 5.41) is 4.49. The van der Waals surface area contributed by atoms with Gasteiger partial charge in [-0.2, -0.15) is 4.98 Å². The Balaban J connectivity index is 1.42. The molecule has 2 aromatic heterocycles. The van der Waals surface area contributed by atoms with Gasteiger partial charge in [-0.15, -0.1) is 16.9 Å². The molecule has 12 heteroatoms. The zero-order valence-corrected chi connectivity index (χ0v) is 16.8. The smallest absolute Gasteiger partial charge is 0.354 e. The quantitative estimate of drug-likeness (QED) is 0.471. The summed E-state index contributed by atoms with van der Waals surface area (Å²) in [4.78, 5) is 28.0. The lowest BCUT2D eigenvalue weighted by Crippen LogP contribution is -2.38. The van der Waals surface area contributed by atoms with Crippen LogP contribution in [-0.4, -0.2) is 22.0 Å². The van der Waals surface area contributed by atoms with Gasteiger partial charge in [0.15, 0.2) is 11.6 Å². The summed E-state index contributed by atoms with van der Waals surface area (Å²) in [6.07, 6.45) is 2.77. The Morgan fingerprint density at radius 1 is 1.23 bits per heavy atom. The number of nitrogens with one attached hydrogen (secondary N) is 3. The molecule has 0 bridgehead atoms. The van der Waals surface area contributed by atoms with Crippen LogP contribution in [0.5, 0.6) is 0 Å². The predicted octanol–water partition coefficient (Wildman–Crippen LogP) is 1.77. The molecular weight excluding hydrogens is 433 g/mol. The third-order valence-corrected chi connectivity index (χ3v) is 5.40. The van der Waals surface area contributed by atoms with Crippen molar-refractivity contribution in [2.24, 2.45) is 0 Å². The van der Waals surface area contributed by atoms with Crippen molar-refractivity contribution in [3.8, 4) is 5.69 Å². The van der Waals surface area contributed by atoms with Gasteiger partial charge in [-0.1, -0.05) is 11.6 Å². The number of hydrazine groups is 2. The first-order chi connectivity index (χ1) is 14.4. The van der Waals surface area contributed by atoms with E-state index >= 15 is 0 Å². The summed E-state index contributed by atoms with van der Waals surface area (Å²) in [6.45, 7) is 0.279. The van der Waals surface area contributed by atoms with Crippen molar-refractivity contribution in [3.05, 3.63) is 80.0 Å². The number of nitrogens with zero attached hydrogens (tertiary/aromatic N) is 3. The van der Waals surface area contributed by atoms with Crippen LogP contribution in [0.15, 0.2) is 59.3 Å². The SMILES string of the molecule is Nc1nc(=O)n(-c2ccc(N3C=C(CNC(=O)c4ccc(Cl)s4)NN3)cc2)cc1F. The van der Waals surface area contributed by atoms with E-state index in [1.54, 1.807) is 47.6 Å². The van der Waals surface area contributed by atoms with E-state index in [1.165, 1.54) is 11.3 Å². The average Bonchev–Trinajstić information content (AvgIpc) is 3.38. The molecule has 0 spiro atoms. The van der Waals surface area contributed by atoms with Crippen molar-refractivity contribution in [1.29, 1.82) is 0 Å². The molecule has 0 atom stereocenters. The van der Waals surface area contributed by atoms with E-state index in [9.17, 15) is 14.0 Å². The Labute approximate surface area is 178 Å². The van der Waals surface area contributed by atoms with Crippen LogP contribution in [0.3, 0.4) is 0 Å². The van der Waals surface area contributed by atoms with Gasteiger partial charge in [0.25, 0.3) is 5.91 Å². The fourth-order valence-electron chi connectivity index (χ4n) is 2.68. The molecule has 0 fully saturated rings. The summed E-state index contributed by atoms with van der Waals surface area (Å²) in [5.41, 5.74) is 12.4. The number of halogens is 2. The zero-order valence-electron chi connectivity index (χ0n) is 15.2. The maximum absolute atomic E-state index is 13.6. The Kier molecular flexibility index (Phi) is 5.40. The number of aromatic nitrogens is 2. The second-order valence-corrected chi connectivity index (χ2v) is 7.91. The maximum atomic E-state index is 13.6. The molecule has 3 aromatic rings. The van der Waals surface area contributed by atoms with Crippen LogP contribution in [0.2, 0.25) is 4.34 Å². The van der Waals surface area contributed by atoms with Crippen LogP contribution in [0.4, 0.5) is 15.9 Å². The van der Waals surface area contributed by atoms with Gasteiger partial charge in [-0.25, -0.2) is 9.18 Å². The van der Waals surface area contributed by atoms with Gasteiger partial charge in [0.05, 0.1) is 39.0 Å². The predicted molar refractivity (Wildman–Crippen MR) is 113 cm³/mol. The molecule has 1 aliphatic heterocycles. The Morgan fingerprint density at radius 3 is 2.67 bits per heavy atom. The molecule has 5 N–H and O–H groups in total. The Bertz CT molecular complexity index is 1190. The lowest BCUT2D eigenvalue weighted by Gasteiger charge is -2.15. The van der Waals surface area contributed by atoms with Gasteiger partial charge < -0.3 is 16.5 Å². The molecule has 0 saturated carbocycles. The number of nitrogens with two attached hydrogens (primary N) is 1. The summed E-state index contributed by atoms with van der Waals surface area (Å²) in [6, 6.07) is 10.1. The third-order valence-electron chi connectivity index (χ3n) is 4.17. The third kappa shape index (κ3) is 4.13. The lowest BCUT2D eigenvalue weighted by atomic mass is 10.2.